The minimum atomic E-state index is -5.08. The number of carboxylic acids is 1. The lowest BCUT2D eigenvalue weighted by Gasteiger charge is -1.94. The number of hydrogen-bond donors (Lipinski definition) is 3. The van der Waals surface area contributed by atoms with Crippen molar-refractivity contribution in [1.29, 1.82) is 5.26 Å². The number of carbonyl (C=O) groups is 1. The van der Waals surface area contributed by atoms with Gasteiger partial charge >= 0.3 is 19.3 Å². The van der Waals surface area contributed by atoms with Crippen molar-refractivity contribution in [3.05, 3.63) is 30.3 Å². The summed E-state index contributed by atoms with van der Waals surface area (Å²) in [6.45, 7) is 1.43. The molecule has 0 unspecified atom stereocenters. The molecular formula is C10H13BF3NO5. The van der Waals surface area contributed by atoms with Crippen LogP contribution in [-0.2, 0) is 4.79 Å². The molecule has 0 aromatic heterocycles. The third-order valence-corrected chi connectivity index (χ3v) is 1.34. The molecule has 1 aromatic rings. The van der Waals surface area contributed by atoms with E-state index in [-0.39, 0.29) is 5.48 Å². The Labute approximate surface area is 113 Å². The first-order valence-electron chi connectivity index (χ1n) is 4.68. The lowest BCUT2D eigenvalue weighted by molar-refractivity contribution is -0.192. The van der Waals surface area contributed by atoms with Crippen LogP contribution < -0.4 is 5.46 Å². The molecular weight excluding hydrogens is 282 g/mol. The summed E-state index contributed by atoms with van der Waals surface area (Å²) in [5.74, 6) is -2.76. The third-order valence-electron chi connectivity index (χ3n) is 1.34. The summed E-state index contributed by atoms with van der Waals surface area (Å²) in [5, 5.41) is 31.6. The van der Waals surface area contributed by atoms with Crippen LogP contribution in [0.3, 0.4) is 0 Å². The van der Waals surface area contributed by atoms with Crippen molar-refractivity contribution < 1.29 is 38.6 Å². The number of nitriles is 1. The van der Waals surface area contributed by atoms with E-state index in [2.05, 4.69) is 0 Å². The van der Waals surface area contributed by atoms with Crippen molar-refractivity contribution in [2.45, 2.75) is 13.1 Å². The second-order valence-electron chi connectivity index (χ2n) is 2.81. The van der Waals surface area contributed by atoms with Gasteiger partial charge in [-0.2, -0.15) is 18.4 Å². The first kappa shape index (κ1) is 23.0. The standard InChI is InChI=1S/C6H7BO2.C2HF3O2.C2H3N.H2O/c8-7(9)6-4-2-1-3-5-6;3-2(4,5)1(6)7;1-2-3;/h1-5,8-9H;(H,6,7);1H3;1H2. The normalized spacial score (nSPS) is 8.45. The number of rotatable bonds is 1. The molecule has 0 atom stereocenters. The fraction of sp³-hybridized carbons (Fsp3) is 0.200. The van der Waals surface area contributed by atoms with Gasteiger partial charge in [0.2, 0.25) is 0 Å². The molecule has 0 heterocycles. The predicted octanol–water partition coefficient (Wildman–Crippen LogP) is -0.295. The highest BCUT2D eigenvalue weighted by molar-refractivity contribution is 6.58. The van der Waals surface area contributed by atoms with E-state index in [1.807, 2.05) is 6.07 Å². The van der Waals surface area contributed by atoms with E-state index in [0.717, 1.165) is 0 Å². The number of benzene rings is 1. The number of carboxylic acid groups (broad SMARTS) is 1. The van der Waals surface area contributed by atoms with Gasteiger partial charge in [0.15, 0.2) is 0 Å². The minimum absolute atomic E-state index is 0. The molecule has 0 aliphatic rings. The Morgan fingerprint density at radius 2 is 1.55 bits per heavy atom. The van der Waals surface area contributed by atoms with Crippen LogP contribution in [0.25, 0.3) is 0 Å². The van der Waals surface area contributed by atoms with Crippen LogP contribution in [0, 0.1) is 11.3 Å². The highest BCUT2D eigenvalue weighted by Gasteiger charge is 2.38. The van der Waals surface area contributed by atoms with Crippen LogP contribution in [0.4, 0.5) is 13.2 Å². The molecule has 0 fully saturated rings. The van der Waals surface area contributed by atoms with E-state index in [4.69, 9.17) is 25.2 Å². The SMILES string of the molecule is CC#N.O.O=C(O)C(F)(F)F.OB(O)c1ccccc1. The first-order chi connectivity index (χ1) is 8.66. The van der Waals surface area contributed by atoms with Gasteiger partial charge in [-0.3, -0.25) is 0 Å². The van der Waals surface area contributed by atoms with Crippen molar-refractivity contribution in [2.75, 3.05) is 0 Å². The number of nitrogens with zero attached hydrogens (tertiary/aromatic N) is 1. The Morgan fingerprint density at radius 3 is 1.70 bits per heavy atom. The molecule has 0 radical (unpaired) electrons. The molecule has 0 aliphatic heterocycles. The zero-order chi connectivity index (χ0) is 15.5. The van der Waals surface area contributed by atoms with Gasteiger partial charge in [-0.1, -0.05) is 30.3 Å². The van der Waals surface area contributed by atoms with Gasteiger partial charge in [-0.25, -0.2) is 4.79 Å². The summed E-state index contributed by atoms with van der Waals surface area (Å²) in [4.78, 5) is 8.90. The van der Waals surface area contributed by atoms with Crippen LogP contribution in [0.5, 0.6) is 0 Å². The molecule has 10 heteroatoms. The molecule has 6 nitrogen and oxygen atoms in total. The number of alkyl halides is 3. The van der Waals surface area contributed by atoms with E-state index in [0.29, 0.717) is 5.46 Å². The van der Waals surface area contributed by atoms with Crippen LogP contribution >= 0.6 is 0 Å². The Bertz CT molecular complexity index is 406. The fourth-order valence-electron chi connectivity index (χ4n) is 0.625. The number of halogens is 3. The third kappa shape index (κ3) is 14.0. The largest absolute Gasteiger partial charge is 0.490 e. The smallest absolute Gasteiger partial charge is 0.475 e. The average Bonchev–Trinajstić information content (AvgIpc) is 2.30. The maximum absolute atomic E-state index is 10.6. The van der Waals surface area contributed by atoms with Crippen molar-refractivity contribution in [1.82, 2.24) is 0 Å². The predicted molar refractivity (Wildman–Crippen MR) is 64.9 cm³/mol. The number of aliphatic carboxylic acids is 1. The van der Waals surface area contributed by atoms with Gasteiger partial charge in [0.1, 0.15) is 0 Å². The quantitative estimate of drug-likeness (QED) is 0.612. The average molecular weight is 295 g/mol. The Balaban J connectivity index is -0.000000238. The van der Waals surface area contributed by atoms with Gasteiger partial charge in [0.05, 0.1) is 6.07 Å². The number of hydrogen-bond acceptors (Lipinski definition) is 4. The summed E-state index contributed by atoms with van der Waals surface area (Å²) in [5.41, 5.74) is 0.525. The molecule has 0 saturated heterocycles. The monoisotopic (exact) mass is 295 g/mol. The first-order valence-corrected chi connectivity index (χ1v) is 4.68. The molecule has 1 rings (SSSR count). The van der Waals surface area contributed by atoms with Crippen molar-refractivity contribution in [2.24, 2.45) is 0 Å². The highest BCUT2D eigenvalue weighted by atomic mass is 19.4. The summed E-state index contributed by atoms with van der Waals surface area (Å²) in [7, 11) is -1.34. The lowest BCUT2D eigenvalue weighted by Crippen LogP contribution is -2.29. The molecule has 0 aliphatic carbocycles. The van der Waals surface area contributed by atoms with E-state index in [1.54, 1.807) is 30.3 Å². The van der Waals surface area contributed by atoms with Crippen molar-refractivity contribution >= 4 is 18.6 Å². The Kier molecular flexibility index (Phi) is 13.8. The van der Waals surface area contributed by atoms with Gasteiger partial charge in [0, 0.05) is 6.92 Å². The molecule has 112 valence electrons. The molecule has 0 spiro atoms. The zero-order valence-corrected chi connectivity index (χ0v) is 10.3. The topological polar surface area (TPSA) is 133 Å². The fourth-order valence-corrected chi connectivity index (χ4v) is 0.625. The van der Waals surface area contributed by atoms with E-state index in [1.165, 1.54) is 6.92 Å². The molecule has 20 heavy (non-hydrogen) atoms. The van der Waals surface area contributed by atoms with E-state index >= 15 is 0 Å². The summed E-state index contributed by atoms with van der Waals surface area (Å²) in [6, 6.07) is 10.4. The van der Waals surface area contributed by atoms with Gasteiger partial charge in [0.25, 0.3) is 0 Å². The van der Waals surface area contributed by atoms with Crippen LogP contribution in [0.1, 0.15) is 6.92 Å². The molecule has 5 N–H and O–H groups in total. The minimum Gasteiger partial charge on any atom is -0.475 e. The van der Waals surface area contributed by atoms with Crippen LogP contribution in [0.15, 0.2) is 30.3 Å². The van der Waals surface area contributed by atoms with Gasteiger partial charge < -0.3 is 20.6 Å². The van der Waals surface area contributed by atoms with Gasteiger partial charge in [-0.05, 0) is 5.46 Å². The maximum atomic E-state index is 10.6. The Morgan fingerprint density at radius 1 is 1.25 bits per heavy atom. The zero-order valence-electron chi connectivity index (χ0n) is 10.3. The Hall–Kier alpha value is -2.09. The maximum Gasteiger partial charge on any atom is 0.490 e. The summed E-state index contributed by atoms with van der Waals surface area (Å²) in [6.07, 6.45) is -5.08. The van der Waals surface area contributed by atoms with E-state index in [9.17, 15) is 13.2 Å². The second-order valence-corrected chi connectivity index (χ2v) is 2.81. The van der Waals surface area contributed by atoms with Crippen LogP contribution in [0.2, 0.25) is 0 Å². The highest BCUT2D eigenvalue weighted by Crippen LogP contribution is 2.13. The molecule has 0 saturated carbocycles. The van der Waals surface area contributed by atoms with E-state index < -0.39 is 19.3 Å². The second kappa shape index (κ2) is 12.0. The summed E-state index contributed by atoms with van der Waals surface area (Å²) < 4.78 is 31.7. The summed E-state index contributed by atoms with van der Waals surface area (Å²) >= 11 is 0. The van der Waals surface area contributed by atoms with Crippen molar-refractivity contribution in [3.63, 3.8) is 0 Å². The van der Waals surface area contributed by atoms with Gasteiger partial charge in [-0.15, -0.1) is 0 Å². The van der Waals surface area contributed by atoms with Crippen LogP contribution in [-0.4, -0.2) is 39.9 Å². The molecule has 0 bridgehead atoms. The molecule has 0 amide bonds. The van der Waals surface area contributed by atoms with Crippen molar-refractivity contribution in [3.8, 4) is 6.07 Å². The lowest BCUT2D eigenvalue weighted by atomic mass is 9.81. The molecule has 1 aromatic carbocycles.